The number of carbonyl (C=O) groups excluding carboxylic acids is 3. The molecule has 0 N–H and O–H groups in total. The third-order valence-corrected chi connectivity index (χ3v) is 12.3. The van der Waals surface area contributed by atoms with Crippen LogP contribution < -0.4 is 0 Å². The molecule has 0 radical (unpaired) electrons. The number of allylic oxidation sites excluding steroid dienone is 2. The fraction of sp³-hybridized carbons (Fsp3) is 0.909. The van der Waals surface area contributed by atoms with Crippen LogP contribution >= 0.6 is 0 Å². The average Bonchev–Trinajstić information content (AvgIpc) is 3.26. The molecule has 0 aromatic rings. The third-order valence-electron chi connectivity index (χ3n) is 12.3. The summed E-state index contributed by atoms with van der Waals surface area (Å²) in [6, 6.07) is 0. The highest BCUT2D eigenvalue weighted by Gasteiger charge is 2.19. The van der Waals surface area contributed by atoms with Crippen molar-refractivity contribution >= 4 is 17.9 Å². The Labute approximate surface area is 380 Å². The van der Waals surface area contributed by atoms with Crippen LogP contribution in [-0.2, 0) is 28.6 Å². The van der Waals surface area contributed by atoms with Gasteiger partial charge in [0.05, 0.1) is 0 Å². The summed E-state index contributed by atoms with van der Waals surface area (Å²) >= 11 is 0. The Morgan fingerprint density at radius 1 is 0.311 bits per heavy atom. The van der Waals surface area contributed by atoms with Gasteiger partial charge in [-0.1, -0.05) is 251 Å². The summed E-state index contributed by atoms with van der Waals surface area (Å²) in [6.45, 7) is 6.66. The summed E-state index contributed by atoms with van der Waals surface area (Å²) in [7, 11) is 0. The van der Waals surface area contributed by atoms with Crippen LogP contribution in [0.4, 0.5) is 0 Å². The zero-order chi connectivity index (χ0) is 44.4. The average molecular weight is 861 g/mol. The molecule has 1 atom stereocenters. The van der Waals surface area contributed by atoms with Gasteiger partial charge < -0.3 is 14.2 Å². The fourth-order valence-electron chi connectivity index (χ4n) is 8.14. The number of unbranched alkanes of at least 4 members (excludes halogenated alkanes) is 37. The van der Waals surface area contributed by atoms with Crippen molar-refractivity contribution < 1.29 is 28.6 Å². The smallest absolute Gasteiger partial charge is 0.306 e. The Kier molecular flexibility index (Phi) is 49.3. The van der Waals surface area contributed by atoms with E-state index in [0.29, 0.717) is 19.3 Å². The number of rotatable bonds is 50. The molecule has 0 rings (SSSR count). The van der Waals surface area contributed by atoms with Crippen LogP contribution in [0.5, 0.6) is 0 Å². The molecule has 0 fully saturated rings. The summed E-state index contributed by atoms with van der Waals surface area (Å²) in [6.07, 6.45) is 56.3. The van der Waals surface area contributed by atoms with Gasteiger partial charge in [-0.25, -0.2) is 0 Å². The molecule has 0 unspecified atom stereocenters. The number of hydrogen-bond acceptors (Lipinski definition) is 6. The molecular weight excluding hydrogens is 757 g/mol. The molecule has 0 aromatic heterocycles. The van der Waals surface area contributed by atoms with E-state index in [9.17, 15) is 14.4 Å². The maximum atomic E-state index is 12.8. The molecule has 0 heterocycles. The van der Waals surface area contributed by atoms with Crippen LogP contribution in [-0.4, -0.2) is 37.2 Å². The van der Waals surface area contributed by atoms with Crippen molar-refractivity contribution in [2.45, 2.75) is 309 Å². The van der Waals surface area contributed by atoms with Crippen molar-refractivity contribution in [2.75, 3.05) is 13.2 Å². The van der Waals surface area contributed by atoms with E-state index in [1.165, 1.54) is 199 Å². The molecule has 0 bridgehead atoms. The topological polar surface area (TPSA) is 78.9 Å². The van der Waals surface area contributed by atoms with Crippen molar-refractivity contribution in [1.82, 2.24) is 0 Å². The van der Waals surface area contributed by atoms with Gasteiger partial charge in [-0.15, -0.1) is 0 Å². The van der Waals surface area contributed by atoms with Crippen molar-refractivity contribution in [1.29, 1.82) is 0 Å². The van der Waals surface area contributed by atoms with E-state index >= 15 is 0 Å². The molecule has 0 aliphatic heterocycles. The molecule has 0 aliphatic rings. The van der Waals surface area contributed by atoms with Gasteiger partial charge in [0.15, 0.2) is 6.10 Å². The number of ether oxygens (including phenoxy) is 3. The van der Waals surface area contributed by atoms with E-state index in [1.807, 2.05) is 0 Å². The SMILES string of the molecule is CCCCCCCC/C=C\CCCCCCCC(=O)O[C@H](COC(=O)CCCCCCCCCCCC)COC(=O)CCCCCCCCCCCCCCCCCCCC. The Morgan fingerprint density at radius 2 is 0.541 bits per heavy atom. The molecular formula is C55H104O6. The van der Waals surface area contributed by atoms with Gasteiger partial charge in [-0.05, 0) is 44.9 Å². The summed E-state index contributed by atoms with van der Waals surface area (Å²) < 4.78 is 16.8. The van der Waals surface area contributed by atoms with E-state index in [0.717, 1.165) is 64.2 Å². The zero-order valence-corrected chi connectivity index (χ0v) is 41.2. The Morgan fingerprint density at radius 3 is 0.820 bits per heavy atom. The molecule has 360 valence electrons. The van der Waals surface area contributed by atoms with Gasteiger partial charge in [0.2, 0.25) is 0 Å². The Bertz CT molecular complexity index is 947. The lowest BCUT2D eigenvalue weighted by Gasteiger charge is -2.18. The monoisotopic (exact) mass is 861 g/mol. The molecule has 0 aromatic carbocycles. The van der Waals surface area contributed by atoms with Gasteiger partial charge in [0.25, 0.3) is 0 Å². The highest BCUT2D eigenvalue weighted by molar-refractivity contribution is 5.71. The van der Waals surface area contributed by atoms with E-state index in [-0.39, 0.29) is 31.1 Å². The predicted octanol–water partition coefficient (Wildman–Crippen LogP) is 17.8. The minimum absolute atomic E-state index is 0.0679. The number of carbonyl (C=O) groups is 3. The molecule has 0 saturated carbocycles. The summed E-state index contributed by atoms with van der Waals surface area (Å²) in [5.41, 5.74) is 0. The second-order valence-corrected chi connectivity index (χ2v) is 18.5. The van der Waals surface area contributed by atoms with Gasteiger partial charge in [-0.3, -0.25) is 14.4 Å². The molecule has 6 heteroatoms. The van der Waals surface area contributed by atoms with Gasteiger partial charge >= 0.3 is 17.9 Å². The van der Waals surface area contributed by atoms with E-state index < -0.39 is 6.10 Å². The van der Waals surface area contributed by atoms with Crippen LogP contribution in [0, 0.1) is 0 Å². The highest BCUT2D eigenvalue weighted by Crippen LogP contribution is 2.16. The Hall–Kier alpha value is -1.85. The lowest BCUT2D eigenvalue weighted by molar-refractivity contribution is -0.167. The first-order chi connectivity index (χ1) is 30.0. The first-order valence-corrected chi connectivity index (χ1v) is 27.2. The summed E-state index contributed by atoms with van der Waals surface area (Å²) in [5.74, 6) is -0.859. The lowest BCUT2D eigenvalue weighted by Crippen LogP contribution is -2.30. The summed E-state index contributed by atoms with van der Waals surface area (Å²) in [4.78, 5) is 38.0. The molecule has 6 nitrogen and oxygen atoms in total. The van der Waals surface area contributed by atoms with Gasteiger partial charge in [-0.2, -0.15) is 0 Å². The van der Waals surface area contributed by atoms with E-state index in [4.69, 9.17) is 14.2 Å². The number of esters is 3. The normalized spacial score (nSPS) is 12.0. The third kappa shape index (κ3) is 49.0. The zero-order valence-electron chi connectivity index (χ0n) is 41.2. The molecule has 61 heavy (non-hydrogen) atoms. The molecule has 0 spiro atoms. The Balaban J connectivity index is 4.27. The maximum absolute atomic E-state index is 12.8. The second-order valence-electron chi connectivity index (χ2n) is 18.5. The van der Waals surface area contributed by atoms with E-state index in [2.05, 4.69) is 32.9 Å². The van der Waals surface area contributed by atoms with Crippen molar-refractivity contribution in [3.63, 3.8) is 0 Å². The van der Waals surface area contributed by atoms with Crippen LogP contribution in [0.1, 0.15) is 303 Å². The highest BCUT2D eigenvalue weighted by atomic mass is 16.6. The number of hydrogen-bond donors (Lipinski definition) is 0. The largest absolute Gasteiger partial charge is 0.462 e. The van der Waals surface area contributed by atoms with Gasteiger partial charge in [0.1, 0.15) is 13.2 Å². The van der Waals surface area contributed by atoms with Crippen molar-refractivity contribution in [3.8, 4) is 0 Å². The first kappa shape index (κ1) is 59.1. The van der Waals surface area contributed by atoms with Gasteiger partial charge in [0, 0.05) is 19.3 Å². The molecule has 0 saturated heterocycles. The molecule has 0 aliphatic carbocycles. The fourth-order valence-corrected chi connectivity index (χ4v) is 8.14. The van der Waals surface area contributed by atoms with Crippen molar-refractivity contribution in [3.05, 3.63) is 12.2 Å². The quantitative estimate of drug-likeness (QED) is 0.0262. The van der Waals surface area contributed by atoms with Crippen LogP contribution in [0.2, 0.25) is 0 Å². The minimum Gasteiger partial charge on any atom is -0.462 e. The van der Waals surface area contributed by atoms with Crippen LogP contribution in [0.15, 0.2) is 12.2 Å². The predicted molar refractivity (Wildman–Crippen MR) is 261 cm³/mol. The minimum atomic E-state index is -0.767. The van der Waals surface area contributed by atoms with Crippen LogP contribution in [0.3, 0.4) is 0 Å². The van der Waals surface area contributed by atoms with Crippen LogP contribution in [0.25, 0.3) is 0 Å². The standard InChI is InChI=1S/C55H104O6/c1-4-7-10-13-16-19-22-24-26-27-28-30-31-33-36-39-42-45-48-54(57)60-51-52(50-59-53(56)47-44-41-38-35-21-18-15-12-9-6-3)61-55(58)49-46-43-40-37-34-32-29-25-23-20-17-14-11-8-5-2/h25,29,52H,4-24,26-28,30-51H2,1-3H3/b29-25-/t52-/m1/s1. The van der Waals surface area contributed by atoms with Crippen molar-refractivity contribution in [2.24, 2.45) is 0 Å². The maximum Gasteiger partial charge on any atom is 0.306 e. The van der Waals surface area contributed by atoms with E-state index in [1.54, 1.807) is 0 Å². The first-order valence-electron chi connectivity index (χ1n) is 27.2. The lowest BCUT2D eigenvalue weighted by atomic mass is 10.0. The second kappa shape index (κ2) is 50.8. The molecule has 0 amide bonds. The summed E-state index contributed by atoms with van der Waals surface area (Å²) in [5, 5.41) is 0.